The molecule has 5 nitrogen and oxygen atoms in total. The van der Waals surface area contributed by atoms with E-state index < -0.39 is 6.10 Å². The molecule has 0 aromatic heterocycles. The van der Waals surface area contributed by atoms with Crippen LogP contribution in [0.15, 0.2) is 0 Å². The molecule has 1 N–H and O–H groups in total. The van der Waals surface area contributed by atoms with Gasteiger partial charge in [-0.2, -0.15) is 0 Å². The van der Waals surface area contributed by atoms with E-state index in [1.807, 2.05) is 0 Å². The Morgan fingerprint density at radius 3 is 1.59 bits per heavy atom. The third kappa shape index (κ3) is 22.1. The van der Waals surface area contributed by atoms with Gasteiger partial charge in [0.1, 0.15) is 0 Å². The predicted octanol–water partition coefficient (Wildman–Crippen LogP) is 6.39. The van der Waals surface area contributed by atoms with Crippen LogP contribution in [-0.4, -0.2) is 56.7 Å². The van der Waals surface area contributed by atoms with Crippen molar-refractivity contribution < 1.29 is 18.8 Å². The van der Waals surface area contributed by atoms with Crippen molar-refractivity contribution in [2.75, 3.05) is 34.2 Å². The molecular weight excluding hydrogens is 400 g/mol. The number of amides is 1. The highest BCUT2D eigenvalue weighted by Crippen LogP contribution is 2.14. The number of ether oxygens (including phenoxy) is 1. The molecule has 0 aliphatic rings. The highest BCUT2D eigenvalue weighted by atomic mass is 16.5. The van der Waals surface area contributed by atoms with E-state index in [2.05, 4.69) is 33.4 Å². The van der Waals surface area contributed by atoms with Gasteiger partial charge in [0.15, 0.2) is 6.10 Å². The predicted molar refractivity (Wildman–Crippen MR) is 136 cm³/mol. The van der Waals surface area contributed by atoms with Crippen LogP contribution in [-0.2, 0) is 14.3 Å². The van der Waals surface area contributed by atoms with Gasteiger partial charge in [-0.3, -0.25) is 9.59 Å². The maximum Gasteiger partial charge on any atom is 0.306 e. The summed E-state index contributed by atoms with van der Waals surface area (Å²) >= 11 is 0. The molecule has 0 spiro atoms. The number of unbranched alkanes of at least 4 members (excludes halogenated alkanes) is 14. The van der Waals surface area contributed by atoms with E-state index in [9.17, 15) is 9.59 Å². The van der Waals surface area contributed by atoms with Crippen LogP contribution in [0.1, 0.15) is 123 Å². The molecule has 0 aliphatic heterocycles. The lowest BCUT2D eigenvalue weighted by Gasteiger charge is -2.23. The minimum Gasteiger partial charge on any atom is -0.453 e. The number of nitrogens with one attached hydrogen (secondary N) is 1. The molecule has 1 atom stereocenters. The van der Waals surface area contributed by atoms with Crippen molar-refractivity contribution >= 4 is 11.9 Å². The average molecular weight is 456 g/mol. The Balaban J connectivity index is 3.45. The van der Waals surface area contributed by atoms with Gasteiger partial charge in [0, 0.05) is 19.4 Å². The summed E-state index contributed by atoms with van der Waals surface area (Å²) in [7, 11) is 6.39. The number of esters is 1. The van der Waals surface area contributed by atoms with Crippen LogP contribution in [0.5, 0.6) is 0 Å². The van der Waals surface area contributed by atoms with Gasteiger partial charge >= 0.3 is 5.97 Å². The van der Waals surface area contributed by atoms with Crippen LogP contribution in [0, 0.1) is 0 Å². The monoisotopic (exact) mass is 455 g/mol. The quantitative estimate of drug-likeness (QED) is 0.117. The van der Waals surface area contributed by atoms with Crippen LogP contribution in [0.25, 0.3) is 0 Å². The van der Waals surface area contributed by atoms with Gasteiger partial charge in [0.2, 0.25) is 0 Å². The zero-order chi connectivity index (χ0) is 24.1. The topological polar surface area (TPSA) is 55.4 Å². The van der Waals surface area contributed by atoms with Crippen molar-refractivity contribution in [3.05, 3.63) is 0 Å². The molecule has 0 aromatic carbocycles. The van der Waals surface area contributed by atoms with Crippen LogP contribution in [0.3, 0.4) is 0 Å². The second-order valence-electron chi connectivity index (χ2n) is 10.5. The van der Waals surface area contributed by atoms with Crippen molar-refractivity contribution in [2.45, 2.75) is 129 Å². The molecular formula is C27H55N2O3+. The Kier molecular flexibility index (Phi) is 19.8. The van der Waals surface area contributed by atoms with Crippen molar-refractivity contribution in [1.82, 2.24) is 5.32 Å². The number of hydrogen-bond acceptors (Lipinski definition) is 3. The van der Waals surface area contributed by atoms with E-state index in [4.69, 9.17) is 4.74 Å². The molecule has 190 valence electrons. The molecule has 0 radical (unpaired) electrons. The summed E-state index contributed by atoms with van der Waals surface area (Å²) in [5, 5.41) is 2.86. The molecule has 0 saturated carbocycles. The smallest absolute Gasteiger partial charge is 0.306 e. The minimum atomic E-state index is -0.706. The lowest BCUT2D eigenvalue weighted by molar-refractivity contribution is -0.870. The van der Waals surface area contributed by atoms with Crippen LogP contribution < -0.4 is 5.32 Å². The van der Waals surface area contributed by atoms with Crippen molar-refractivity contribution in [1.29, 1.82) is 0 Å². The number of rotatable bonds is 22. The molecule has 1 unspecified atom stereocenters. The van der Waals surface area contributed by atoms with E-state index in [1.165, 1.54) is 83.5 Å². The molecule has 0 aromatic rings. The lowest BCUT2D eigenvalue weighted by Crippen LogP contribution is -2.40. The highest BCUT2D eigenvalue weighted by Gasteiger charge is 2.17. The summed E-state index contributed by atoms with van der Waals surface area (Å²) in [6, 6.07) is 0. The van der Waals surface area contributed by atoms with Gasteiger partial charge in [-0.25, -0.2) is 0 Å². The van der Waals surface area contributed by atoms with Gasteiger partial charge in [-0.1, -0.05) is 96.8 Å². The maximum atomic E-state index is 12.0. The second-order valence-corrected chi connectivity index (χ2v) is 10.5. The van der Waals surface area contributed by atoms with Gasteiger partial charge in [0.25, 0.3) is 5.91 Å². The highest BCUT2D eigenvalue weighted by molar-refractivity contribution is 5.83. The van der Waals surface area contributed by atoms with E-state index in [0.717, 1.165) is 30.3 Å². The van der Waals surface area contributed by atoms with Gasteiger partial charge < -0.3 is 14.5 Å². The van der Waals surface area contributed by atoms with Gasteiger partial charge in [0.05, 0.1) is 27.7 Å². The summed E-state index contributed by atoms with van der Waals surface area (Å²) in [5.74, 6) is -0.454. The molecule has 32 heavy (non-hydrogen) atoms. The number of quaternary nitrogens is 1. The Labute approximate surface area is 199 Å². The van der Waals surface area contributed by atoms with E-state index in [0.29, 0.717) is 13.0 Å². The first-order chi connectivity index (χ1) is 15.3. The first-order valence-corrected chi connectivity index (χ1v) is 13.5. The molecule has 1 amide bonds. The standard InChI is InChI=1S/C27H54N2O3/c1-6-7-8-9-10-11-12-13-14-15-16-17-18-19-20-22-26(30)32-25(2)27(31)28-23-21-24-29(3,4)5/h25H,6-24H2,1-5H3/p+1. The number of carbonyl (C=O) groups excluding carboxylic acids is 2. The van der Waals surface area contributed by atoms with E-state index >= 15 is 0 Å². The normalized spacial score (nSPS) is 12.5. The number of hydrogen-bond donors (Lipinski definition) is 1. The first-order valence-electron chi connectivity index (χ1n) is 13.5. The Morgan fingerprint density at radius 1 is 0.719 bits per heavy atom. The zero-order valence-electron chi connectivity index (χ0n) is 22.2. The fourth-order valence-electron chi connectivity index (χ4n) is 3.86. The average Bonchev–Trinajstić information content (AvgIpc) is 2.73. The summed E-state index contributed by atoms with van der Waals surface area (Å²) < 4.78 is 6.15. The third-order valence-corrected chi connectivity index (χ3v) is 5.97. The van der Waals surface area contributed by atoms with Crippen molar-refractivity contribution in [3.63, 3.8) is 0 Å². The third-order valence-electron chi connectivity index (χ3n) is 5.97. The number of carbonyl (C=O) groups is 2. The molecule has 0 aliphatic carbocycles. The van der Waals surface area contributed by atoms with E-state index in [1.54, 1.807) is 6.92 Å². The Bertz CT molecular complexity index is 460. The molecule has 0 bridgehead atoms. The fraction of sp³-hybridized carbons (Fsp3) is 0.926. The lowest BCUT2D eigenvalue weighted by atomic mass is 10.0. The SMILES string of the molecule is CCCCCCCCCCCCCCCCCC(=O)OC(C)C(=O)NCCC[N+](C)(C)C. The number of nitrogens with zero attached hydrogens (tertiary/aromatic N) is 1. The zero-order valence-corrected chi connectivity index (χ0v) is 22.2. The summed E-state index contributed by atoms with van der Waals surface area (Å²) in [5.41, 5.74) is 0. The maximum absolute atomic E-state index is 12.0. The van der Waals surface area contributed by atoms with Crippen LogP contribution in [0.2, 0.25) is 0 Å². The molecule has 0 heterocycles. The molecule has 0 fully saturated rings. The van der Waals surface area contributed by atoms with Crippen molar-refractivity contribution in [3.8, 4) is 0 Å². The summed E-state index contributed by atoms with van der Waals surface area (Å²) in [6.07, 6.45) is 20.2. The Hall–Kier alpha value is -1.10. The molecule has 5 heteroatoms. The second kappa shape index (κ2) is 20.5. The van der Waals surface area contributed by atoms with Crippen molar-refractivity contribution in [2.24, 2.45) is 0 Å². The molecule has 0 rings (SSSR count). The first kappa shape index (κ1) is 30.9. The van der Waals surface area contributed by atoms with E-state index in [-0.39, 0.29) is 11.9 Å². The van der Waals surface area contributed by atoms with Gasteiger partial charge in [-0.05, 0) is 13.3 Å². The summed E-state index contributed by atoms with van der Waals surface area (Å²) in [6.45, 7) is 5.54. The minimum absolute atomic E-state index is 0.198. The fourth-order valence-corrected chi connectivity index (χ4v) is 3.86. The largest absolute Gasteiger partial charge is 0.453 e. The van der Waals surface area contributed by atoms with Crippen LogP contribution in [0.4, 0.5) is 0 Å². The summed E-state index contributed by atoms with van der Waals surface area (Å²) in [4.78, 5) is 24.0. The van der Waals surface area contributed by atoms with Gasteiger partial charge in [-0.15, -0.1) is 0 Å². The van der Waals surface area contributed by atoms with Crippen LogP contribution >= 0.6 is 0 Å². The Morgan fingerprint density at radius 2 is 1.16 bits per heavy atom. The molecule has 0 saturated heterocycles.